The van der Waals surface area contributed by atoms with Crippen molar-refractivity contribution in [1.29, 1.82) is 0 Å². The van der Waals surface area contributed by atoms with Crippen LogP contribution in [0.15, 0.2) is 72.8 Å². The molecule has 0 amide bonds. The first-order valence-electron chi connectivity index (χ1n) is 8.46. The predicted octanol–water partition coefficient (Wildman–Crippen LogP) is 6.13. The Hall–Kier alpha value is -3.74. The summed E-state index contributed by atoms with van der Waals surface area (Å²) in [5.41, 5.74) is 3.81. The summed E-state index contributed by atoms with van der Waals surface area (Å²) in [7, 11) is 0. The maximum atomic E-state index is 5.66. The van der Waals surface area contributed by atoms with Crippen LogP contribution in [0.4, 0.5) is 0 Å². The van der Waals surface area contributed by atoms with Gasteiger partial charge in [-0.15, -0.1) is 12.8 Å². The Morgan fingerprint density at radius 2 is 1.31 bits per heavy atom. The molecule has 26 heavy (non-hydrogen) atoms. The maximum absolute atomic E-state index is 5.66. The minimum atomic E-state index is 0.825. The van der Waals surface area contributed by atoms with Gasteiger partial charge in [0.2, 0.25) is 0 Å². The molecule has 0 heterocycles. The van der Waals surface area contributed by atoms with Crippen LogP contribution in [0.1, 0.15) is 22.3 Å². The fraction of sp³-hybridized carbons (Fsp3) is 0. The number of terminal acetylenes is 2. The smallest absolute Gasteiger partial charge is 0.0315 e. The molecule has 0 fully saturated rings. The van der Waals surface area contributed by atoms with E-state index in [4.69, 9.17) is 12.8 Å². The summed E-state index contributed by atoms with van der Waals surface area (Å²) in [6.45, 7) is 0. The number of hydrogen-bond acceptors (Lipinski definition) is 0. The first-order chi connectivity index (χ1) is 12.8. The van der Waals surface area contributed by atoms with Gasteiger partial charge in [0.1, 0.15) is 0 Å². The Labute approximate surface area is 153 Å². The van der Waals surface area contributed by atoms with Crippen LogP contribution in [-0.2, 0) is 0 Å². The van der Waals surface area contributed by atoms with E-state index in [2.05, 4.69) is 78.6 Å². The molecule has 0 atom stereocenters. The molecule has 120 valence electrons. The topological polar surface area (TPSA) is 0 Å². The molecule has 0 spiro atoms. The van der Waals surface area contributed by atoms with E-state index in [1.165, 1.54) is 27.1 Å². The lowest BCUT2D eigenvalue weighted by Crippen LogP contribution is -1.86. The molecule has 0 aliphatic rings. The van der Waals surface area contributed by atoms with Crippen LogP contribution in [0.2, 0.25) is 0 Å². The van der Waals surface area contributed by atoms with Gasteiger partial charge in [-0.05, 0) is 56.9 Å². The van der Waals surface area contributed by atoms with Crippen LogP contribution < -0.4 is 0 Å². The number of hydrogen-bond donors (Lipinski definition) is 0. The normalized spacial score (nSPS) is 10.8. The van der Waals surface area contributed by atoms with Gasteiger partial charge >= 0.3 is 0 Å². The second-order valence-electron chi connectivity index (χ2n) is 6.16. The van der Waals surface area contributed by atoms with E-state index in [0.717, 1.165) is 16.7 Å². The van der Waals surface area contributed by atoms with E-state index < -0.39 is 0 Å². The molecular formula is C26H16. The molecule has 0 saturated heterocycles. The first kappa shape index (κ1) is 15.8. The molecular weight excluding hydrogens is 312 g/mol. The average Bonchev–Trinajstić information content (AvgIpc) is 2.70. The average molecular weight is 328 g/mol. The van der Waals surface area contributed by atoms with Crippen LogP contribution >= 0.6 is 0 Å². The zero-order valence-electron chi connectivity index (χ0n) is 14.2. The molecule has 0 unspecified atom stereocenters. The third-order valence-electron chi connectivity index (χ3n) is 4.62. The highest BCUT2D eigenvalue weighted by Crippen LogP contribution is 2.30. The second kappa shape index (κ2) is 6.64. The number of benzene rings is 4. The minimum absolute atomic E-state index is 0.825. The summed E-state index contributed by atoms with van der Waals surface area (Å²) in [6.07, 6.45) is 15.4. The van der Waals surface area contributed by atoms with Gasteiger partial charge in [0.05, 0.1) is 0 Å². The van der Waals surface area contributed by atoms with Crippen LogP contribution in [0.3, 0.4) is 0 Å². The maximum Gasteiger partial charge on any atom is 0.0315 e. The summed E-state index contributed by atoms with van der Waals surface area (Å²) >= 11 is 0. The van der Waals surface area contributed by atoms with Crippen molar-refractivity contribution in [2.75, 3.05) is 0 Å². The lowest BCUT2D eigenvalue weighted by molar-refractivity contribution is 1.57. The van der Waals surface area contributed by atoms with E-state index >= 15 is 0 Å². The Kier molecular flexibility index (Phi) is 4.03. The molecule has 0 saturated carbocycles. The Bertz CT molecular complexity index is 1190. The predicted molar refractivity (Wildman–Crippen MR) is 113 cm³/mol. The Balaban J connectivity index is 1.96. The molecule has 0 N–H and O–H groups in total. The quantitative estimate of drug-likeness (QED) is 0.236. The Morgan fingerprint density at radius 3 is 1.92 bits per heavy atom. The fourth-order valence-electron chi connectivity index (χ4n) is 3.32. The standard InChI is InChI=1S/C26H16/c1-3-19-13-14-20(4-2)21(17-19)15-16-26-24-11-7-5-9-22(24)18-23-10-6-8-12-25(23)26/h1-2,5-18H/b16-15+. The van der Waals surface area contributed by atoms with Crippen LogP contribution in [0, 0.1) is 24.7 Å². The van der Waals surface area contributed by atoms with Crippen LogP contribution in [-0.4, -0.2) is 0 Å². The zero-order valence-corrected chi connectivity index (χ0v) is 14.2. The van der Waals surface area contributed by atoms with Gasteiger partial charge in [0, 0.05) is 11.1 Å². The van der Waals surface area contributed by atoms with Gasteiger partial charge in [0.15, 0.2) is 0 Å². The molecule has 4 aromatic carbocycles. The summed E-state index contributed by atoms with van der Waals surface area (Å²) in [4.78, 5) is 0. The van der Waals surface area contributed by atoms with Crippen molar-refractivity contribution in [3.8, 4) is 24.7 Å². The molecule has 0 radical (unpaired) electrons. The Morgan fingerprint density at radius 1 is 0.654 bits per heavy atom. The molecule has 4 aromatic rings. The van der Waals surface area contributed by atoms with Gasteiger partial charge in [0.25, 0.3) is 0 Å². The SMILES string of the molecule is C#Cc1ccc(C#C)c(/C=C/c2c3ccccc3cc3ccccc23)c1. The molecule has 0 aromatic heterocycles. The van der Waals surface area contributed by atoms with E-state index in [1.807, 2.05) is 18.2 Å². The summed E-state index contributed by atoms with van der Waals surface area (Å²) in [5.74, 6) is 5.41. The fourth-order valence-corrected chi connectivity index (χ4v) is 3.32. The highest BCUT2D eigenvalue weighted by molar-refractivity contribution is 6.08. The highest BCUT2D eigenvalue weighted by Gasteiger charge is 2.05. The summed E-state index contributed by atoms with van der Waals surface area (Å²) in [5, 5.41) is 4.89. The third kappa shape index (κ3) is 2.75. The summed E-state index contributed by atoms with van der Waals surface area (Å²) < 4.78 is 0. The lowest BCUT2D eigenvalue weighted by Gasteiger charge is -2.08. The van der Waals surface area contributed by atoms with Gasteiger partial charge in [-0.25, -0.2) is 0 Å². The van der Waals surface area contributed by atoms with Crippen molar-refractivity contribution in [2.45, 2.75) is 0 Å². The van der Waals surface area contributed by atoms with Crippen LogP contribution in [0.25, 0.3) is 33.7 Å². The van der Waals surface area contributed by atoms with Crippen LogP contribution in [0.5, 0.6) is 0 Å². The lowest BCUT2D eigenvalue weighted by atomic mass is 9.95. The monoisotopic (exact) mass is 328 g/mol. The number of fused-ring (bicyclic) bond motifs is 2. The van der Waals surface area contributed by atoms with Gasteiger partial charge in [-0.3, -0.25) is 0 Å². The van der Waals surface area contributed by atoms with E-state index in [-0.39, 0.29) is 0 Å². The highest BCUT2D eigenvalue weighted by atomic mass is 14.1. The molecule has 0 bridgehead atoms. The zero-order chi connectivity index (χ0) is 17.9. The van der Waals surface area contributed by atoms with Gasteiger partial charge in [-0.2, -0.15) is 0 Å². The van der Waals surface area contributed by atoms with E-state index in [9.17, 15) is 0 Å². The van der Waals surface area contributed by atoms with Gasteiger partial charge in [-0.1, -0.05) is 72.5 Å². The molecule has 0 heteroatoms. The number of rotatable bonds is 2. The van der Waals surface area contributed by atoms with Crippen molar-refractivity contribution < 1.29 is 0 Å². The molecule has 0 nitrogen and oxygen atoms in total. The van der Waals surface area contributed by atoms with E-state index in [1.54, 1.807) is 0 Å². The van der Waals surface area contributed by atoms with Crippen molar-refractivity contribution in [3.05, 3.63) is 95.1 Å². The third-order valence-corrected chi connectivity index (χ3v) is 4.62. The van der Waals surface area contributed by atoms with Crippen molar-refractivity contribution in [2.24, 2.45) is 0 Å². The largest absolute Gasteiger partial charge is 0.115 e. The van der Waals surface area contributed by atoms with Crippen molar-refractivity contribution >= 4 is 33.7 Å². The molecule has 4 rings (SSSR count). The second-order valence-corrected chi connectivity index (χ2v) is 6.16. The summed E-state index contributed by atoms with van der Waals surface area (Å²) in [6, 6.07) is 24.8. The minimum Gasteiger partial charge on any atom is -0.115 e. The van der Waals surface area contributed by atoms with Crippen molar-refractivity contribution in [1.82, 2.24) is 0 Å². The first-order valence-corrected chi connectivity index (χ1v) is 8.46. The van der Waals surface area contributed by atoms with E-state index in [0.29, 0.717) is 0 Å². The molecule has 0 aliphatic carbocycles. The molecule has 0 aliphatic heterocycles. The van der Waals surface area contributed by atoms with Crippen molar-refractivity contribution in [3.63, 3.8) is 0 Å². The van der Waals surface area contributed by atoms with Gasteiger partial charge < -0.3 is 0 Å².